The Labute approximate surface area is 189 Å². The molecule has 0 fully saturated rings. The first kappa shape index (κ1) is 22.9. The van der Waals surface area contributed by atoms with Crippen molar-refractivity contribution in [3.05, 3.63) is 52.5 Å². The third-order valence-corrected chi connectivity index (χ3v) is 5.35. The van der Waals surface area contributed by atoms with Gasteiger partial charge in [-0.25, -0.2) is 0 Å². The van der Waals surface area contributed by atoms with E-state index in [9.17, 15) is 14.7 Å². The molecule has 1 aliphatic rings. The fourth-order valence-corrected chi connectivity index (χ4v) is 3.40. The van der Waals surface area contributed by atoms with Crippen LogP contribution in [-0.2, 0) is 14.4 Å². The molecule has 2 N–H and O–H groups in total. The Morgan fingerprint density at radius 3 is 2.81 bits per heavy atom. The first-order valence-electron chi connectivity index (χ1n) is 9.51. The van der Waals surface area contributed by atoms with Crippen molar-refractivity contribution in [1.29, 1.82) is 5.26 Å². The molecule has 0 saturated carbocycles. The number of rotatable bonds is 8. The normalized spacial score (nSPS) is 17.0. The largest absolute Gasteiger partial charge is 0.493 e. The lowest BCUT2D eigenvalue weighted by Crippen LogP contribution is -2.45. The molecule has 32 heavy (non-hydrogen) atoms. The van der Waals surface area contributed by atoms with E-state index in [1.165, 1.54) is 7.11 Å². The van der Waals surface area contributed by atoms with Crippen molar-refractivity contribution in [2.75, 3.05) is 19.0 Å². The number of benzene rings is 2. The summed E-state index contributed by atoms with van der Waals surface area (Å²) in [6, 6.07) is 11.8. The summed E-state index contributed by atoms with van der Waals surface area (Å²) < 4.78 is 10.6. The molecule has 0 bridgehead atoms. The summed E-state index contributed by atoms with van der Waals surface area (Å²) in [5.74, 6) is -1.14. The van der Waals surface area contributed by atoms with Crippen molar-refractivity contribution in [1.82, 2.24) is 0 Å². The summed E-state index contributed by atoms with van der Waals surface area (Å²) in [6.45, 7) is 1.59. The second-order valence-electron chi connectivity index (χ2n) is 7.05. The van der Waals surface area contributed by atoms with Gasteiger partial charge in [0.1, 0.15) is 6.07 Å². The predicted octanol–water partition coefficient (Wildman–Crippen LogP) is 3.54. The van der Waals surface area contributed by atoms with Crippen LogP contribution in [0, 0.1) is 18.3 Å². The van der Waals surface area contributed by atoms with E-state index in [0.29, 0.717) is 39.0 Å². The van der Waals surface area contributed by atoms with E-state index in [4.69, 9.17) is 31.2 Å². The predicted molar refractivity (Wildman–Crippen MR) is 116 cm³/mol. The average molecular weight is 458 g/mol. The first-order valence-corrected chi connectivity index (χ1v) is 9.89. The van der Waals surface area contributed by atoms with Gasteiger partial charge >= 0.3 is 5.97 Å². The number of carbonyl (C=O) groups excluding carboxylic acids is 1. The summed E-state index contributed by atoms with van der Waals surface area (Å²) in [7, 11) is 1.45. The molecule has 0 spiro atoms. The number of hydrogen-bond acceptors (Lipinski definition) is 7. The molecule has 0 aromatic heterocycles. The molecule has 3 rings (SSSR count). The molecule has 9 nitrogen and oxygen atoms in total. The number of ether oxygens (including phenoxy) is 2. The fourth-order valence-electron chi connectivity index (χ4n) is 3.23. The van der Waals surface area contributed by atoms with Crippen LogP contribution in [0.5, 0.6) is 11.5 Å². The van der Waals surface area contributed by atoms with Gasteiger partial charge in [-0.05, 0) is 42.8 Å². The first-order chi connectivity index (χ1) is 15.3. The standard InChI is InChI=1S/C22H20ClN3O6/c1-13-15(23)4-3-5-16(13)25-21(29)22(12-20(27)28)11-17(26-32-22)14-6-7-18(31-9-8-24)19(10-14)30-2/h3-7,10H,9,11-12H2,1-2H3,(H,25,29)(H,27,28)/t22-/m0/s1. The summed E-state index contributed by atoms with van der Waals surface area (Å²) in [5.41, 5.74) is 0.286. The number of anilines is 1. The molecule has 10 heteroatoms. The number of carboxylic acid groups (broad SMARTS) is 1. The number of methoxy groups -OCH3 is 1. The zero-order valence-corrected chi connectivity index (χ0v) is 18.1. The molecule has 0 saturated heterocycles. The van der Waals surface area contributed by atoms with E-state index in [0.717, 1.165) is 0 Å². The molecular formula is C22H20ClN3O6. The molecule has 166 valence electrons. The van der Waals surface area contributed by atoms with Crippen molar-refractivity contribution in [2.45, 2.75) is 25.4 Å². The fraction of sp³-hybridized carbons (Fsp3) is 0.273. The number of carbonyl (C=O) groups is 2. The molecule has 1 aliphatic heterocycles. The van der Waals surface area contributed by atoms with Gasteiger partial charge < -0.3 is 24.7 Å². The Morgan fingerprint density at radius 2 is 2.12 bits per heavy atom. The van der Waals surface area contributed by atoms with Gasteiger partial charge in [0.2, 0.25) is 5.60 Å². The monoisotopic (exact) mass is 457 g/mol. The molecule has 1 atom stereocenters. The molecular weight excluding hydrogens is 438 g/mol. The van der Waals surface area contributed by atoms with E-state index in [-0.39, 0.29) is 13.0 Å². The van der Waals surface area contributed by atoms with Crippen LogP contribution in [0.1, 0.15) is 24.0 Å². The van der Waals surface area contributed by atoms with E-state index >= 15 is 0 Å². The van der Waals surface area contributed by atoms with Gasteiger partial charge in [0, 0.05) is 22.7 Å². The Balaban J connectivity index is 1.86. The third-order valence-electron chi connectivity index (χ3n) is 4.94. The smallest absolute Gasteiger partial charge is 0.308 e. The number of nitrogens with one attached hydrogen (secondary N) is 1. The number of oxime groups is 1. The maximum atomic E-state index is 13.1. The average Bonchev–Trinajstić information content (AvgIpc) is 3.20. The van der Waals surface area contributed by atoms with Crippen LogP contribution in [0.2, 0.25) is 5.02 Å². The minimum absolute atomic E-state index is 0.0771. The van der Waals surface area contributed by atoms with E-state index in [1.54, 1.807) is 43.3 Å². The van der Waals surface area contributed by atoms with E-state index in [2.05, 4.69) is 10.5 Å². The molecule has 0 aliphatic carbocycles. The van der Waals surface area contributed by atoms with Crippen LogP contribution in [-0.4, -0.2) is 42.0 Å². The number of aliphatic carboxylic acids is 1. The van der Waals surface area contributed by atoms with Crippen molar-refractivity contribution >= 4 is 34.9 Å². The van der Waals surface area contributed by atoms with Gasteiger partial charge in [-0.3, -0.25) is 9.59 Å². The lowest BCUT2D eigenvalue weighted by molar-refractivity contribution is -0.152. The maximum absolute atomic E-state index is 13.1. The zero-order chi connectivity index (χ0) is 23.3. The number of carboxylic acids is 1. The molecule has 1 amide bonds. The van der Waals surface area contributed by atoms with Crippen LogP contribution in [0.4, 0.5) is 5.69 Å². The van der Waals surface area contributed by atoms with Gasteiger partial charge in [-0.2, -0.15) is 5.26 Å². The number of halogens is 1. The number of nitrogens with zero attached hydrogens (tertiary/aromatic N) is 2. The number of amides is 1. The highest BCUT2D eigenvalue weighted by Crippen LogP contribution is 2.35. The Hall–Kier alpha value is -3.77. The van der Waals surface area contributed by atoms with Gasteiger partial charge in [-0.15, -0.1) is 0 Å². The molecule has 0 unspecified atom stereocenters. The van der Waals surface area contributed by atoms with Crippen molar-refractivity contribution in [3.8, 4) is 17.6 Å². The Kier molecular flexibility index (Phi) is 6.85. The van der Waals surface area contributed by atoms with E-state index < -0.39 is 23.9 Å². The van der Waals surface area contributed by atoms with Crippen LogP contribution in [0.25, 0.3) is 0 Å². The maximum Gasteiger partial charge on any atom is 0.308 e. The van der Waals surface area contributed by atoms with Crippen molar-refractivity contribution < 1.29 is 29.0 Å². The van der Waals surface area contributed by atoms with Crippen molar-refractivity contribution in [3.63, 3.8) is 0 Å². The quantitative estimate of drug-likeness (QED) is 0.619. The molecule has 1 heterocycles. The SMILES string of the molecule is COc1cc(C2=NO[C@@](CC(=O)O)(C(=O)Nc3cccc(Cl)c3C)C2)ccc1OCC#N. The molecule has 0 radical (unpaired) electrons. The summed E-state index contributed by atoms with van der Waals surface area (Å²) in [5, 5.41) is 25.3. The minimum Gasteiger partial charge on any atom is -0.493 e. The summed E-state index contributed by atoms with van der Waals surface area (Å²) in [6.07, 6.45) is -0.668. The van der Waals surface area contributed by atoms with E-state index in [1.807, 2.05) is 6.07 Å². The molecule has 2 aromatic carbocycles. The van der Waals surface area contributed by atoms with Crippen molar-refractivity contribution in [2.24, 2.45) is 5.16 Å². The van der Waals surface area contributed by atoms with Gasteiger partial charge in [-0.1, -0.05) is 22.8 Å². The number of nitriles is 1. The second-order valence-corrected chi connectivity index (χ2v) is 7.46. The summed E-state index contributed by atoms with van der Waals surface area (Å²) in [4.78, 5) is 30.1. The van der Waals surface area contributed by atoms with Gasteiger partial charge in [0.15, 0.2) is 18.1 Å². The summed E-state index contributed by atoms with van der Waals surface area (Å²) >= 11 is 6.11. The lowest BCUT2D eigenvalue weighted by Gasteiger charge is -2.24. The topological polar surface area (TPSA) is 130 Å². The van der Waals surface area contributed by atoms with Crippen LogP contribution in [0.15, 0.2) is 41.6 Å². The number of hydrogen-bond donors (Lipinski definition) is 2. The van der Waals surface area contributed by atoms with Crippen LogP contribution < -0.4 is 14.8 Å². The third kappa shape index (κ3) is 4.76. The van der Waals surface area contributed by atoms with Gasteiger partial charge in [0.05, 0.1) is 19.2 Å². The second kappa shape index (κ2) is 9.58. The Morgan fingerprint density at radius 1 is 1.34 bits per heavy atom. The Bertz CT molecular complexity index is 1130. The van der Waals surface area contributed by atoms with Crippen LogP contribution in [0.3, 0.4) is 0 Å². The highest BCUT2D eigenvalue weighted by Gasteiger charge is 2.49. The van der Waals surface area contributed by atoms with Gasteiger partial charge in [0.25, 0.3) is 5.91 Å². The molecule has 2 aromatic rings. The lowest BCUT2D eigenvalue weighted by atomic mass is 9.90. The minimum atomic E-state index is -1.74. The zero-order valence-electron chi connectivity index (χ0n) is 17.3. The highest BCUT2D eigenvalue weighted by atomic mass is 35.5. The van der Waals surface area contributed by atoms with Crippen LogP contribution >= 0.6 is 11.6 Å². The highest BCUT2D eigenvalue weighted by molar-refractivity contribution is 6.31.